The van der Waals surface area contributed by atoms with Crippen LogP contribution in [0.5, 0.6) is 0 Å². The fourth-order valence-electron chi connectivity index (χ4n) is 2.43. The molecule has 19 heavy (non-hydrogen) atoms. The second kappa shape index (κ2) is 4.70. The molecule has 0 bridgehead atoms. The molecule has 1 aliphatic carbocycles. The van der Waals surface area contributed by atoms with Crippen LogP contribution in [0.4, 0.5) is 17.2 Å². The van der Waals surface area contributed by atoms with Crippen molar-refractivity contribution < 1.29 is 0 Å². The fourth-order valence-corrected chi connectivity index (χ4v) is 2.64. The van der Waals surface area contributed by atoms with Crippen molar-refractivity contribution in [2.75, 3.05) is 11.1 Å². The highest BCUT2D eigenvalue weighted by atomic mass is 35.5. The lowest BCUT2D eigenvalue weighted by molar-refractivity contribution is 0.912. The SMILES string of the molecule is Cc1nc(Cl)nc(Nc2ccc3c(c2)CCC3)c1N. The van der Waals surface area contributed by atoms with Crippen molar-refractivity contribution in [3.05, 3.63) is 40.3 Å². The van der Waals surface area contributed by atoms with E-state index in [0.29, 0.717) is 17.2 Å². The summed E-state index contributed by atoms with van der Waals surface area (Å²) in [5.74, 6) is 0.565. The van der Waals surface area contributed by atoms with Crippen LogP contribution in [0.15, 0.2) is 18.2 Å². The first kappa shape index (κ1) is 12.2. The zero-order chi connectivity index (χ0) is 13.4. The Kier molecular flexibility index (Phi) is 3.03. The van der Waals surface area contributed by atoms with Gasteiger partial charge >= 0.3 is 0 Å². The van der Waals surface area contributed by atoms with Crippen LogP contribution >= 0.6 is 11.6 Å². The molecule has 1 aliphatic rings. The van der Waals surface area contributed by atoms with Gasteiger partial charge in [-0.1, -0.05) is 6.07 Å². The van der Waals surface area contributed by atoms with Gasteiger partial charge in [-0.05, 0) is 61.0 Å². The average molecular weight is 275 g/mol. The smallest absolute Gasteiger partial charge is 0.224 e. The van der Waals surface area contributed by atoms with E-state index in [9.17, 15) is 0 Å². The Morgan fingerprint density at radius 2 is 2.00 bits per heavy atom. The van der Waals surface area contributed by atoms with Crippen molar-refractivity contribution in [3.63, 3.8) is 0 Å². The number of nitrogen functional groups attached to an aromatic ring is 1. The molecule has 1 aromatic carbocycles. The van der Waals surface area contributed by atoms with Gasteiger partial charge in [0.05, 0.1) is 11.4 Å². The first-order valence-electron chi connectivity index (χ1n) is 6.32. The highest BCUT2D eigenvalue weighted by Gasteiger charge is 2.12. The van der Waals surface area contributed by atoms with E-state index in [1.54, 1.807) is 0 Å². The number of fused-ring (bicyclic) bond motifs is 1. The lowest BCUT2D eigenvalue weighted by Crippen LogP contribution is -2.04. The minimum Gasteiger partial charge on any atom is -0.394 e. The second-order valence-corrected chi connectivity index (χ2v) is 5.14. The molecule has 2 aromatic rings. The summed E-state index contributed by atoms with van der Waals surface area (Å²) in [6.07, 6.45) is 3.56. The van der Waals surface area contributed by atoms with E-state index in [0.717, 1.165) is 12.1 Å². The maximum atomic E-state index is 5.97. The van der Waals surface area contributed by atoms with Crippen LogP contribution in [-0.2, 0) is 12.8 Å². The van der Waals surface area contributed by atoms with Crippen LogP contribution in [0.2, 0.25) is 5.28 Å². The van der Waals surface area contributed by atoms with Gasteiger partial charge in [-0.15, -0.1) is 0 Å². The highest BCUT2D eigenvalue weighted by Crippen LogP contribution is 2.28. The zero-order valence-electron chi connectivity index (χ0n) is 10.7. The summed E-state index contributed by atoms with van der Waals surface area (Å²) in [5.41, 5.74) is 11.0. The quantitative estimate of drug-likeness (QED) is 0.825. The number of benzene rings is 1. The summed E-state index contributed by atoms with van der Waals surface area (Å²) in [6.45, 7) is 1.82. The molecule has 0 fully saturated rings. The number of nitrogens with zero attached hydrogens (tertiary/aromatic N) is 2. The molecule has 0 spiro atoms. The Hall–Kier alpha value is -1.81. The first-order chi connectivity index (χ1) is 9.13. The van der Waals surface area contributed by atoms with Gasteiger partial charge in [0.1, 0.15) is 0 Å². The molecule has 0 saturated carbocycles. The van der Waals surface area contributed by atoms with Gasteiger partial charge in [0.25, 0.3) is 0 Å². The van der Waals surface area contributed by atoms with Crippen LogP contribution in [0, 0.1) is 6.92 Å². The molecule has 0 aliphatic heterocycles. The molecule has 0 saturated heterocycles. The largest absolute Gasteiger partial charge is 0.394 e. The number of hydrogen-bond donors (Lipinski definition) is 2. The van der Waals surface area contributed by atoms with Crippen molar-refractivity contribution in [1.82, 2.24) is 9.97 Å². The highest BCUT2D eigenvalue weighted by molar-refractivity contribution is 6.28. The van der Waals surface area contributed by atoms with Gasteiger partial charge in [0.15, 0.2) is 5.82 Å². The summed E-state index contributed by atoms with van der Waals surface area (Å²) in [5, 5.41) is 3.43. The Morgan fingerprint density at radius 1 is 1.21 bits per heavy atom. The summed E-state index contributed by atoms with van der Waals surface area (Å²) >= 11 is 5.86. The third kappa shape index (κ3) is 2.36. The minimum absolute atomic E-state index is 0.204. The number of rotatable bonds is 2. The molecule has 0 radical (unpaired) electrons. The van der Waals surface area contributed by atoms with E-state index in [4.69, 9.17) is 17.3 Å². The maximum absolute atomic E-state index is 5.97. The number of aryl methyl sites for hydroxylation is 3. The van der Waals surface area contributed by atoms with E-state index in [2.05, 4.69) is 33.5 Å². The third-order valence-electron chi connectivity index (χ3n) is 3.47. The van der Waals surface area contributed by atoms with E-state index in [1.165, 1.54) is 24.0 Å². The monoisotopic (exact) mass is 274 g/mol. The normalized spacial score (nSPS) is 13.4. The maximum Gasteiger partial charge on any atom is 0.224 e. The minimum atomic E-state index is 0.204. The van der Waals surface area contributed by atoms with Gasteiger partial charge in [0, 0.05) is 5.69 Å². The van der Waals surface area contributed by atoms with Gasteiger partial charge in [-0.25, -0.2) is 4.98 Å². The van der Waals surface area contributed by atoms with Crippen molar-refractivity contribution >= 4 is 28.8 Å². The van der Waals surface area contributed by atoms with Crippen LogP contribution < -0.4 is 11.1 Å². The molecule has 1 heterocycles. The fraction of sp³-hybridized carbons (Fsp3) is 0.286. The van der Waals surface area contributed by atoms with Crippen molar-refractivity contribution in [3.8, 4) is 0 Å². The van der Waals surface area contributed by atoms with Gasteiger partial charge < -0.3 is 11.1 Å². The predicted molar refractivity (Wildman–Crippen MR) is 77.9 cm³/mol. The van der Waals surface area contributed by atoms with Crippen molar-refractivity contribution in [2.45, 2.75) is 26.2 Å². The van der Waals surface area contributed by atoms with E-state index < -0.39 is 0 Å². The van der Waals surface area contributed by atoms with E-state index in [-0.39, 0.29) is 5.28 Å². The Labute approximate surface area is 117 Å². The van der Waals surface area contributed by atoms with Crippen LogP contribution in [0.1, 0.15) is 23.2 Å². The molecule has 3 N–H and O–H groups in total. The molecule has 3 rings (SSSR count). The predicted octanol–water partition coefficient (Wildman–Crippen LogP) is 3.25. The number of aromatic nitrogens is 2. The zero-order valence-corrected chi connectivity index (χ0v) is 11.5. The number of hydrogen-bond acceptors (Lipinski definition) is 4. The number of nitrogens with one attached hydrogen (secondary N) is 1. The first-order valence-corrected chi connectivity index (χ1v) is 6.70. The van der Waals surface area contributed by atoms with Crippen LogP contribution in [0.3, 0.4) is 0 Å². The molecule has 5 heteroatoms. The lowest BCUT2D eigenvalue weighted by atomic mass is 10.1. The molecule has 1 aromatic heterocycles. The number of nitrogens with two attached hydrogens (primary N) is 1. The van der Waals surface area contributed by atoms with Crippen LogP contribution in [0.25, 0.3) is 0 Å². The standard InChI is InChI=1S/C14H15ClN4/c1-8-12(16)13(19-14(15)17-8)18-11-6-5-9-3-2-4-10(9)7-11/h5-7H,2-4,16H2,1H3,(H,17,18,19). The summed E-state index contributed by atoms with van der Waals surface area (Å²) < 4.78 is 0. The third-order valence-corrected chi connectivity index (χ3v) is 3.64. The molecule has 0 amide bonds. The van der Waals surface area contributed by atoms with E-state index >= 15 is 0 Å². The van der Waals surface area contributed by atoms with Gasteiger partial charge in [0.2, 0.25) is 5.28 Å². The molecule has 0 atom stereocenters. The molecule has 4 nitrogen and oxygen atoms in total. The number of halogens is 1. The summed E-state index contributed by atoms with van der Waals surface area (Å²) in [4.78, 5) is 8.16. The Bertz CT molecular complexity index is 640. The van der Waals surface area contributed by atoms with Gasteiger partial charge in [-0.3, -0.25) is 0 Å². The second-order valence-electron chi connectivity index (χ2n) is 4.80. The topological polar surface area (TPSA) is 63.8 Å². The summed E-state index contributed by atoms with van der Waals surface area (Å²) in [7, 11) is 0. The van der Waals surface area contributed by atoms with Crippen LogP contribution in [-0.4, -0.2) is 9.97 Å². The molecular formula is C14H15ClN4. The Balaban J connectivity index is 1.93. The molecule has 0 unspecified atom stereocenters. The van der Waals surface area contributed by atoms with Gasteiger partial charge in [-0.2, -0.15) is 4.98 Å². The lowest BCUT2D eigenvalue weighted by Gasteiger charge is -2.11. The van der Waals surface area contributed by atoms with Crippen molar-refractivity contribution in [1.29, 1.82) is 0 Å². The Morgan fingerprint density at radius 3 is 2.84 bits per heavy atom. The number of anilines is 3. The summed E-state index contributed by atoms with van der Waals surface area (Å²) in [6, 6.07) is 6.37. The average Bonchev–Trinajstić information content (AvgIpc) is 2.82. The van der Waals surface area contributed by atoms with E-state index in [1.807, 2.05) is 6.92 Å². The molecular weight excluding hydrogens is 260 g/mol. The molecule has 98 valence electrons. The van der Waals surface area contributed by atoms with Crippen molar-refractivity contribution in [2.24, 2.45) is 0 Å².